The van der Waals surface area contributed by atoms with E-state index in [-0.39, 0.29) is 17.9 Å². The van der Waals surface area contributed by atoms with Crippen molar-refractivity contribution in [3.8, 4) is 5.75 Å². The summed E-state index contributed by atoms with van der Waals surface area (Å²) in [6.07, 6.45) is 11.4. The molecular weight excluding hydrogens is 617 g/mol. The molecule has 0 aliphatic rings. The highest BCUT2D eigenvalue weighted by atomic mass is 32.2. The lowest BCUT2D eigenvalue weighted by Gasteiger charge is -2.30. The highest BCUT2D eigenvalue weighted by Crippen LogP contribution is 2.26. The minimum absolute atomic E-state index is 0.115. The molecule has 0 unspecified atom stereocenters. The first-order valence-electron chi connectivity index (χ1n) is 16.5. The Labute approximate surface area is 273 Å². The summed E-state index contributed by atoms with van der Waals surface area (Å²) >= 11 is 0. The number of hydrogen-bond acceptors (Lipinski definition) is 7. The molecular formula is C34H54FNO9S. The zero-order valence-corrected chi connectivity index (χ0v) is 28.2. The van der Waals surface area contributed by atoms with Crippen LogP contribution in [0.4, 0.5) is 4.39 Å². The molecule has 0 aliphatic heterocycles. The van der Waals surface area contributed by atoms with Crippen molar-refractivity contribution in [2.24, 2.45) is 5.92 Å². The molecule has 1 rings (SSSR count). The van der Waals surface area contributed by atoms with Gasteiger partial charge in [-0.25, -0.2) is 18.0 Å². The van der Waals surface area contributed by atoms with E-state index < -0.39 is 58.3 Å². The van der Waals surface area contributed by atoms with Crippen LogP contribution in [0.25, 0.3) is 0 Å². The smallest absolute Gasteiger partial charge is 0.336 e. The van der Waals surface area contributed by atoms with Gasteiger partial charge in [0.2, 0.25) is 5.91 Å². The molecule has 1 aromatic carbocycles. The maximum absolute atomic E-state index is 13.3. The summed E-state index contributed by atoms with van der Waals surface area (Å²) in [5, 5.41) is 32.7. The average molecular weight is 672 g/mol. The molecule has 1 aromatic rings. The summed E-state index contributed by atoms with van der Waals surface area (Å²) in [6.45, 7) is 3.49. The van der Waals surface area contributed by atoms with Gasteiger partial charge >= 0.3 is 11.9 Å². The molecule has 0 saturated heterocycles. The van der Waals surface area contributed by atoms with Crippen molar-refractivity contribution < 1.29 is 47.2 Å². The van der Waals surface area contributed by atoms with E-state index in [0.717, 1.165) is 38.5 Å². The number of carboxylic acids is 2. The zero-order valence-electron chi connectivity index (χ0n) is 27.4. The number of nitrogens with one attached hydrogen (secondary N) is 1. The molecule has 46 heavy (non-hydrogen) atoms. The molecule has 12 heteroatoms. The number of carboxylic acid groups (broad SMARTS) is 2. The van der Waals surface area contributed by atoms with Crippen molar-refractivity contribution in [1.82, 2.24) is 5.32 Å². The molecule has 0 heterocycles. The van der Waals surface area contributed by atoms with Gasteiger partial charge in [-0.1, -0.05) is 83.1 Å². The number of halogens is 1. The number of sulfone groups is 1. The van der Waals surface area contributed by atoms with Crippen molar-refractivity contribution in [3.05, 3.63) is 42.0 Å². The number of allylic oxidation sites excluding steroid dienone is 1. The van der Waals surface area contributed by atoms with Gasteiger partial charge in [0.25, 0.3) is 0 Å². The Hall–Kier alpha value is -2.99. The summed E-state index contributed by atoms with van der Waals surface area (Å²) in [4.78, 5) is 37.3. The van der Waals surface area contributed by atoms with Crippen LogP contribution in [0.2, 0.25) is 0 Å². The van der Waals surface area contributed by atoms with Crippen molar-refractivity contribution in [2.75, 3.05) is 24.8 Å². The molecule has 1 amide bonds. The fourth-order valence-electron chi connectivity index (χ4n) is 4.95. The Morgan fingerprint density at radius 3 is 2.04 bits per heavy atom. The summed E-state index contributed by atoms with van der Waals surface area (Å²) in [7, 11) is -3.08. The first-order chi connectivity index (χ1) is 21.9. The SMILES string of the molecule is CCCCCCCS(=O)(=O)CCCCCCC=C[C@H](C(=O)N[C@@H](Cc1ccc(OCCCC)cc1)C(=O)O)[C@@](O)(CCF)C(=O)O. The Bertz CT molecular complexity index is 1170. The third kappa shape index (κ3) is 16.0. The van der Waals surface area contributed by atoms with Crippen LogP contribution in [-0.4, -0.2) is 78.0 Å². The number of hydrogen-bond donors (Lipinski definition) is 4. The van der Waals surface area contributed by atoms with E-state index in [0.29, 0.717) is 56.4 Å². The van der Waals surface area contributed by atoms with Crippen LogP contribution in [0.1, 0.15) is 103 Å². The van der Waals surface area contributed by atoms with Crippen LogP contribution in [0.15, 0.2) is 36.4 Å². The molecule has 0 radical (unpaired) electrons. The number of carbonyl (C=O) groups is 3. The van der Waals surface area contributed by atoms with Crippen LogP contribution in [-0.2, 0) is 30.6 Å². The van der Waals surface area contributed by atoms with Crippen LogP contribution >= 0.6 is 0 Å². The average Bonchev–Trinajstić information content (AvgIpc) is 3.00. The molecule has 0 bridgehead atoms. The zero-order chi connectivity index (χ0) is 34.4. The maximum Gasteiger partial charge on any atom is 0.336 e. The van der Waals surface area contributed by atoms with Crippen LogP contribution in [0.5, 0.6) is 5.75 Å². The van der Waals surface area contributed by atoms with E-state index in [9.17, 15) is 42.5 Å². The highest BCUT2D eigenvalue weighted by molar-refractivity contribution is 7.91. The quantitative estimate of drug-likeness (QED) is 0.0682. The second-order valence-electron chi connectivity index (χ2n) is 11.8. The van der Waals surface area contributed by atoms with Crippen molar-refractivity contribution in [3.63, 3.8) is 0 Å². The normalized spacial score (nSPS) is 14.4. The topological polar surface area (TPSA) is 167 Å². The lowest BCUT2D eigenvalue weighted by atomic mass is 9.83. The Morgan fingerprint density at radius 1 is 0.913 bits per heavy atom. The molecule has 0 aromatic heterocycles. The Morgan fingerprint density at radius 2 is 1.50 bits per heavy atom. The first kappa shape index (κ1) is 41.0. The lowest BCUT2D eigenvalue weighted by Crippen LogP contribution is -2.54. The van der Waals surface area contributed by atoms with Gasteiger partial charge in [-0.15, -0.1) is 0 Å². The number of aliphatic hydroxyl groups is 1. The predicted octanol–water partition coefficient (Wildman–Crippen LogP) is 5.66. The molecule has 4 N–H and O–H groups in total. The molecule has 0 fully saturated rings. The standard InChI is InChI=1S/C34H54FNO9S/c1-3-5-7-11-14-24-46(43,44)25-15-12-9-8-10-13-16-29(34(42,21-22-35)33(40)41)31(37)36-30(32(38)39)26-27-17-19-28(20-18-27)45-23-6-4-2/h13,16-20,29-30,42H,3-12,14-15,21-26H2,1-2H3,(H,36,37)(H,38,39)(H,40,41)/t29-,30+,34+/m1/s1. The largest absolute Gasteiger partial charge is 0.494 e. The Kier molecular flexibility index (Phi) is 20.1. The van der Waals surface area contributed by atoms with E-state index in [1.165, 1.54) is 12.2 Å². The number of unbranched alkanes of at least 4 members (excludes halogenated alkanes) is 9. The predicted molar refractivity (Wildman–Crippen MR) is 176 cm³/mol. The summed E-state index contributed by atoms with van der Waals surface area (Å²) in [5.74, 6) is -5.00. The van der Waals surface area contributed by atoms with E-state index in [4.69, 9.17) is 4.74 Å². The van der Waals surface area contributed by atoms with E-state index in [2.05, 4.69) is 12.2 Å². The maximum atomic E-state index is 13.3. The van der Waals surface area contributed by atoms with E-state index in [1.54, 1.807) is 24.3 Å². The third-order valence-corrected chi connectivity index (χ3v) is 9.67. The van der Waals surface area contributed by atoms with Crippen molar-refractivity contribution in [2.45, 2.75) is 115 Å². The van der Waals surface area contributed by atoms with Gasteiger partial charge in [-0.2, -0.15) is 0 Å². The summed E-state index contributed by atoms with van der Waals surface area (Å²) in [5.41, 5.74) is -2.21. The number of carbonyl (C=O) groups excluding carboxylic acids is 1. The van der Waals surface area contributed by atoms with E-state index >= 15 is 0 Å². The molecule has 3 atom stereocenters. The van der Waals surface area contributed by atoms with Crippen molar-refractivity contribution >= 4 is 27.7 Å². The second kappa shape index (κ2) is 22.5. The number of benzene rings is 1. The number of ether oxygens (including phenoxy) is 1. The number of rotatable bonds is 27. The van der Waals surface area contributed by atoms with E-state index in [1.807, 2.05) is 6.92 Å². The van der Waals surface area contributed by atoms with Gasteiger partial charge in [0.05, 0.1) is 30.7 Å². The summed E-state index contributed by atoms with van der Waals surface area (Å²) in [6, 6.07) is 5.28. The Balaban J connectivity index is 2.79. The molecule has 262 valence electrons. The molecule has 0 spiro atoms. The minimum Gasteiger partial charge on any atom is -0.494 e. The third-order valence-electron chi connectivity index (χ3n) is 7.85. The van der Waals surface area contributed by atoms with Crippen molar-refractivity contribution in [1.29, 1.82) is 0 Å². The second-order valence-corrected chi connectivity index (χ2v) is 14.1. The lowest BCUT2D eigenvalue weighted by molar-refractivity contribution is -0.168. The molecule has 0 aliphatic carbocycles. The monoisotopic (exact) mass is 671 g/mol. The van der Waals surface area contributed by atoms with Crippen LogP contribution in [0.3, 0.4) is 0 Å². The van der Waals surface area contributed by atoms with Gasteiger partial charge in [0, 0.05) is 12.8 Å². The number of amides is 1. The first-order valence-corrected chi connectivity index (χ1v) is 18.4. The fraction of sp³-hybridized carbons (Fsp3) is 0.676. The number of aliphatic carboxylic acids is 2. The van der Waals surface area contributed by atoms with Crippen LogP contribution in [0, 0.1) is 5.92 Å². The number of alkyl halides is 1. The van der Waals surface area contributed by atoms with Gasteiger partial charge in [0.15, 0.2) is 5.60 Å². The molecule has 0 saturated carbocycles. The van der Waals surface area contributed by atoms with Crippen LogP contribution < -0.4 is 10.1 Å². The van der Waals surface area contributed by atoms with Gasteiger partial charge in [0.1, 0.15) is 21.6 Å². The fourth-order valence-corrected chi connectivity index (χ4v) is 6.45. The minimum atomic E-state index is -3.08. The van der Waals surface area contributed by atoms with Gasteiger partial charge in [-0.3, -0.25) is 9.18 Å². The summed E-state index contributed by atoms with van der Waals surface area (Å²) < 4.78 is 43.4. The van der Waals surface area contributed by atoms with Gasteiger partial charge < -0.3 is 25.4 Å². The van der Waals surface area contributed by atoms with Gasteiger partial charge in [-0.05, 0) is 49.8 Å². The highest BCUT2D eigenvalue weighted by Gasteiger charge is 2.47. The molecule has 10 nitrogen and oxygen atoms in total.